The van der Waals surface area contributed by atoms with Crippen molar-refractivity contribution in [3.63, 3.8) is 0 Å². The van der Waals surface area contributed by atoms with Crippen LogP contribution >= 0.6 is 11.8 Å². The molecule has 2 aromatic rings. The summed E-state index contributed by atoms with van der Waals surface area (Å²) in [6.07, 6.45) is 1.75. The molecule has 1 aliphatic heterocycles. The minimum atomic E-state index is -0.149. The zero-order valence-electron chi connectivity index (χ0n) is 13.9. The summed E-state index contributed by atoms with van der Waals surface area (Å²) in [5, 5.41) is 2.91. The normalized spacial score (nSPS) is 14.5. The molecule has 0 atom stereocenters. The Morgan fingerprint density at radius 1 is 1.17 bits per heavy atom. The third-order valence-corrected chi connectivity index (χ3v) is 5.16. The summed E-state index contributed by atoms with van der Waals surface area (Å²) < 4.78 is 0. The molecule has 126 valence electrons. The molecule has 0 saturated carbocycles. The molecule has 0 unspecified atom stereocenters. The highest BCUT2D eigenvalue weighted by molar-refractivity contribution is 7.99. The number of aromatic nitrogens is 1. The van der Waals surface area contributed by atoms with E-state index in [1.807, 2.05) is 36.6 Å². The van der Waals surface area contributed by atoms with Crippen molar-refractivity contribution in [3.05, 3.63) is 52.8 Å². The molecule has 1 aromatic carbocycles. The second kappa shape index (κ2) is 7.13. The van der Waals surface area contributed by atoms with E-state index < -0.39 is 0 Å². The number of thioether (sulfide) groups is 1. The standard InChI is InChI=1S/C18H21N3O2S/c1-12-11-14(18(23)21-7-9-24-10-8-21)3-4-16(12)20-17(22)15-5-6-19-13(15)2/h3-6,11,19H,7-10H2,1-2H3,(H,20,22). The number of hydrogen-bond acceptors (Lipinski definition) is 3. The highest BCUT2D eigenvalue weighted by Gasteiger charge is 2.19. The minimum Gasteiger partial charge on any atom is -0.365 e. The van der Waals surface area contributed by atoms with E-state index in [1.165, 1.54) is 0 Å². The summed E-state index contributed by atoms with van der Waals surface area (Å²) in [6.45, 7) is 5.37. The van der Waals surface area contributed by atoms with E-state index in [-0.39, 0.29) is 11.8 Å². The third kappa shape index (κ3) is 3.48. The largest absolute Gasteiger partial charge is 0.365 e. The highest BCUT2D eigenvalue weighted by Crippen LogP contribution is 2.20. The molecule has 0 spiro atoms. The second-order valence-electron chi connectivity index (χ2n) is 5.90. The molecule has 5 nitrogen and oxygen atoms in total. The first-order valence-corrected chi connectivity index (χ1v) is 9.15. The Morgan fingerprint density at radius 3 is 2.54 bits per heavy atom. The summed E-state index contributed by atoms with van der Waals surface area (Å²) >= 11 is 1.88. The first-order chi connectivity index (χ1) is 11.6. The fourth-order valence-electron chi connectivity index (χ4n) is 2.77. The van der Waals surface area contributed by atoms with Crippen LogP contribution in [0.5, 0.6) is 0 Å². The van der Waals surface area contributed by atoms with Crippen LogP contribution in [0.3, 0.4) is 0 Å². The number of rotatable bonds is 3. The average molecular weight is 343 g/mol. The third-order valence-electron chi connectivity index (χ3n) is 4.22. The van der Waals surface area contributed by atoms with Gasteiger partial charge in [0.2, 0.25) is 0 Å². The van der Waals surface area contributed by atoms with Crippen LogP contribution in [-0.2, 0) is 0 Å². The lowest BCUT2D eigenvalue weighted by Gasteiger charge is -2.26. The highest BCUT2D eigenvalue weighted by atomic mass is 32.2. The number of nitrogens with one attached hydrogen (secondary N) is 2. The van der Waals surface area contributed by atoms with Gasteiger partial charge in [0.1, 0.15) is 0 Å². The number of H-pyrrole nitrogens is 1. The fourth-order valence-corrected chi connectivity index (χ4v) is 3.68. The predicted octanol–water partition coefficient (Wildman–Crippen LogP) is 3.07. The Balaban J connectivity index is 1.74. The molecular formula is C18H21N3O2S. The van der Waals surface area contributed by atoms with Crippen molar-refractivity contribution >= 4 is 29.3 Å². The lowest BCUT2D eigenvalue weighted by Crippen LogP contribution is -2.37. The monoisotopic (exact) mass is 343 g/mol. The summed E-state index contributed by atoms with van der Waals surface area (Å²) in [5.41, 5.74) is 3.75. The smallest absolute Gasteiger partial charge is 0.257 e. The fraction of sp³-hybridized carbons (Fsp3) is 0.333. The van der Waals surface area contributed by atoms with E-state index in [2.05, 4.69) is 10.3 Å². The van der Waals surface area contributed by atoms with Gasteiger partial charge in [0.05, 0.1) is 5.56 Å². The van der Waals surface area contributed by atoms with Crippen LogP contribution in [0, 0.1) is 13.8 Å². The predicted molar refractivity (Wildman–Crippen MR) is 97.9 cm³/mol. The molecule has 1 aromatic heterocycles. The van der Waals surface area contributed by atoms with Gasteiger partial charge < -0.3 is 15.2 Å². The minimum absolute atomic E-state index is 0.0674. The van der Waals surface area contributed by atoms with Gasteiger partial charge >= 0.3 is 0 Å². The van der Waals surface area contributed by atoms with Crippen LogP contribution < -0.4 is 5.32 Å². The Morgan fingerprint density at radius 2 is 1.92 bits per heavy atom. The first kappa shape index (κ1) is 16.6. The number of aromatic amines is 1. The maximum Gasteiger partial charge on any atom is 0.257 e. The van der Waals surface area contributed by atoms with Crippen molar-refractivity contribution in [2.45, 2.75) is 13.8 Å². The summed E-state index contributed by atoms with van der Waals surface area (Å²) in [4.78, 5) is 29.7. The summed E-state index contributed by atoms with van der Waals surface area (Å²) in [5.74, 6) is 1.91. The molecule has 0 radical (unpaired) electrons. The number of aryl methyl sites for hydroxylation is 2. The second-order valence-corrected chi connectivity index (χ2v) is 7.13. The molecule has 0 bridgehead atoms. The van der Waals surface area contributed by atoms with Crippen molar-refractivity contribution < 1.29 is 9.59 Å². The van der Waals surface area contributed by atoms with Crippen molar-refractivity contribution in [2.75, 3.05) is 29.9 Å². The SMILES string of the molecule is Cc1cc(C(=O)N2CCSCC2)ccc1NC(=O)c1cc[nH]c1C. The Kier molecular flexibility index (Phi) is 4.94. The van der Waals surface area contributed by atoms with Crippen molar-refractivity contribution in [1.29, 1.82) is 0 Å². The van der Waals surface area contributed by atoms with E-state index in [9.17, 15) is 9.59 Å². The van der Waals surface area contributed by atoms with E-state index in [0.717, 1.165) is 41.5 Å². The van der Waals surface area contributed by atoms with Crippen molar-refractivity contribution in [3.8, 4) is 0 Å². The molecule has 2 N–H and O–H groups in total. The zero-order valence-corrected chi connectivity index (χ0v) is 14.7. The van der Waals surface area contributed by atoms with E-state index in [4.69, 9.17) is 0 Å². The van der Waals surface area contributed by atoms with Crippen LogP contribution in [0.25, 0.3) is 0 Å². The van der Waals surface area contributed by atoms with Gasteiger partial charge in [-0.2, -0.15) is 11.8 Å². The molecule has 1 aliphatic rings. The van der Waals surface area contributed by atoms with Gasteiger partial charge in [-0.05, 0) is 43.7 Å². The van der Waals surface area contributed by atoms with Gasteiger partial charge in [0.25, 0.3) is 11.8 Å². The molecule has 2 heterocycles. The number of anilines is 1. The lowest BCUT2D eigenvalue weighted by molar-refractivity contribution is 0.0772. The van der Waals surface area contributed by atoms with Gasteiger partial charge in [-0.15, -0.1) is 0 Å². The molecule has 1 saturated heterocycles. The number of benzene rings is 1. The molecule has 1 fully saturated rings. The van der Waals surface area contributed by atoms with E-state index in [1.54, 1.807) is 24.4 Å². The number of carbonyl (C=O) groups excluding carboxylic acids is 2. The summed E-state index contributed by atoms with van der Waals surface area (Å²) in [7, 11) is 0. The number of hydrogen-bond donors (Lipinski definition) is 2. The molecule has 24 heavy (non-hydrogen) atoms. The molecule has 2 amide bonds. The Bertz CT molecular complexity index is 763. The van der Waals surface area contributed by atoms with Gasteiger partial charge in [0, 0.05) is 47.7 Å². The van der Waals surface area contributed by atoms with Crippen LogP contribution in [0.1, 0.15) is 32.0 Å². The van der Waals surface area contributed by atoms with Crippen LogP contribution in [0.2, 0.25) is 0 Å². The summed E-state index contributed by atoms with van der Waals surface area (Å²) in [6, 6.07) is 7.20. The molecular weight excluding hydrogens is 322 g/mol. The Hall–Kier alpha value is -2.21. The molecule has 0 aliphatic carbocycles. The van der Waals surface area contributed by atoms with Crippen molar-refractivity contribution in [1.82, 2.24) is 9.88 Å². The first-order valence-electron chi connectivity index (χ1n) is 7.99. The van der Waals surface area contributed by atoms with Crippen LogP contribution in [0.15, 0.2) is 30.5 Å². The van der Waals surface area contributed by atoms with Gasteiger partial charge in [-0.25, -0.2) is 0 Å². The van der Waals surface area contributed by atoms with Crippen LogP contribution in [-0.4, -0.2) is 46.3 Å². The quantitative estimate of drug-likeness (QED) is 0.900. The number of amides is 2. The zero-order chi connectivity index (χ0) is 17.1. The molecule has 3 rings (SSSR count). The average Bonchev–Trinajstić information content (AvgIpc) is 3.03. The van der Waals surface area contributed by atoms with Gasteiger partial charge in [-0.1, -0.05) is 0 Å². The van der Waals surface area contributed by atoms with Gasteiger partial charge in [-0.3, -0.25) is 9.59 Å². The van der Waals surface area contributed by atoms with Crippen molar-refractivity contribution in [2.24, 2.45) is 0 Å². The maximum atomic E-state index is 12.5. The Labute approximate surface area is 145 Å². The lowest BCUT2D eigenvalue weighted by atomic mass is 10.1. The topological polar surface area (TPSA) is 65.2 Å². The number of nitrogens with zero attached hydrogens (tertiary/aromatic N) is 1. The van der Waals surface area contributed by atoms with Gasteiger partial charge in [0.15, 0.2) is 0 Å². The number of carbonyl (C=O) groups is 2. The van der Waals surface area contributed by atoms with E-state index >= 15 is 0 Å². The maximum absolute atomic E-state index is 12.5. The van der Waals surface area contributed by atoms with E-state index in [0.29, 0.717) is 11.1 Å². The molecule has 6 heteroatoms. The van der Waals surface area contributed by atoms with Crippen LogP contribution in [0.4, 0.5) is 5.69 Å².